The van der Waals surface area contributed by atoms with Crippen LogP contribution in [0.5, 0.6) is 11.5 Å². The highest BCUT2D eigenvalue weighted by Crippen LogP contribution is 2.32. The summed E-state index contributed by atoms with van der Waals surface area (Å²) in [5, 5.41) is 0. The number of ether oxygens (including phenoxy) is 3. The summed E-state index contributed by atoms with van der Waals surface area (Å²) >= 11 is 0. The first-order valence-electron chi connectivity index (χ1n) is 7.98. The van der Waals surface area contributed by atoms with Crippen LogP contribution in [-0.4, -0.2) is 49.6 Å². The SMILES string of the molecule is CC(=O)OCC(C)(C)CC(=O)N(C)CC(=O)c1ccc2c(c1)OCO2. The van der Waals surface area contributed by atoms with E-state index in [-0.39, 0.29) is 44.0 Å². The van der Waals surface area contributed by atoms with Crippen LogP contribution in [0.25, 0.3) is 0 Å². The zero-order chi connectivity index (χ0) is 18.6. The minimum Gasteiger partial charge on any atom is -0.465 e. The summed E-state index contributed by atoms with van der Waals surface area (Å²) in [5.41, 5.74) is -0.0400. The second kappa shape index (κ2) is 7.55. The predicted octanol–water partition coefficient (Wildman–Crippen LogP) is 2.04. The van der Waals surface area contributed by atoms with Gasteiger partial charge in [0.2, 0.25) is 12.7 Å². The average Bonchev–Trinajstić information content (AvgIpc) is 3.00. The van der Waals surface area contributed by atoms with E-state index in [0.717, 1.165) is 0 Å². The van der Waals surface area contributed by atoms with Gasteiger partial charge in [-0.2, -0.15) is 0 Å². The van der Waals surface area contributed by atoms with E-state index in [4.69, 9.17) is 14.2 Å². The van der Waals surface area contributed by atoms with Gasteiger partial charge in [0.05, 0.1) is 13.2 Å². The molecule has 1 aliphatic heterocycles. The Bertz CT molecular complexity index is 682. The van der Waals surface area contributed by atoms with Crippen molar-refractivity contribution < 1.29 is 28.6 Å². The molecule has 0 fully saturated rings. The number of ketones is 1. The second-order valence-electron chi connectivity index (χ2n) is 6.86. The molecular weight excluding hydrogens is 326 g/mol. The highest BCUT2D eigenvalue weighted by Gasteiger charge is 2.26. The molecule has 1 aliphatic rings. The first kappa shape index (κ1) is 18.8. The van der Waals surface area contributed by atoms with Crippen molar-refractivity contribution in [3.05, 3.63) is 23.8 Å². The van der Waals surface area contributed by atoms with Gasteiger partial charge in [-0.1, -0.05) is 13.8 Å². The second-order valence-corrected chi connectivity index (χ2v) is 6.86. The van der Waals surface area contributed by atoms with Crippen LogP contribution >= 0.6 is 0 Å². The van der Waals surface area contributed by atoms with Gasteiger partial charge in [0, 0.05) is 31.4 Å². The summed E-state index contributed by atoms with van der Waals surface area (Å²) < 4.78 is 15.4. The fraction of sp³-hybridized carbons (Fsp3) is 0.500. The molecule has 0 saturated heterocycles. The topological polar surface area (TPSA) is 82.1 Å². The van der Waals surface area contributed by atoms with E-state index in [0.29, 0.717) is 17.1 Å². The third-order valence-corrected chi connectivity index (χ3v) is 3.80. The lowest BCUT2D eigenvalue weighted by Crippen LogP contribution is -2.36. The first-order chi connectivity index (χ1) is 11.7. The third-order valence-electron chi connectivity index (χ3n) is 3.80. The van der Waals surface area contributed by atoms with Gasteiger partial charge in [-0.25, -0.2) is 0 Å². The standard InChI is InChI=1S/C18H23NO6/c1-12(20)23-10-18(2,3)8-17(22)19(4)9-14(21)13-5-6-15-16(7-13)25-11-24-15/h5-7H,8-11H2,1-4H3. The molecule has 1 aromatic rings. The molecule has 0 aromatic heterocycles. The monoisotopic (exact) mass is 349 g/mol. The van der Waals surface area contributed by atoms with Crippen molar-refractivity contribution in [1.82, 2.24) is 4.90 Å². The normalized spacial score (nSPS) is 12.6. The molecule has 25 heavy (non-hydrogen) atoms. The van der Waals surface area contributed by atoms with Crippen molar-refractivity contribution in [2.75, 3.05) is 27.0 Å². The number of amides is 1. The van der Waals surface area contributed by atoms with Crippen molar-refractivity contribution in [3.63, 3.8) is 0 Å². The van der Waals surface area contributed by atoms with Gasteiger partial charge in [-0.3, -0.25) is 14.4 Å². The van der Waals surface area contributed by atoms with Gasteiger partial charge in [0.15, 0.2) is 17.3 Å². The van der Waals surface area contributed by atoms with Crippen LogP contribution in [0.3, 0.4) is 0 Å². The minimum absolute atomic E-state index is 0.0396. The number of nitrogens with zero attached hydrogens (tertiary/aromatic N) is 1. The van der Waals surface area contributed by atoms with E-state index < -0.39 is 5.41 Å². The van der Waals surface area contributed by atoms with Gasteiger partial charge in [-0.05, 0) is 18.2 Å². The lowest BCUT2D eigenvalue weighted by Gasteiger charge is -2.26. The molecule has 1 amide bonds. The van der Waals surface area contributed by atoms with E-state index in [1.54, 1.807) is 25.2 Å². The van der Waals surface area contributed by atoms with Crippen LogP contribution in [-0.2, 0) is 14.3 Å². The largest absolute Gasteiger partial charge is 0.465 e. The maximum absolute atomic E-state index is 12.4. The Morgan fingerprint density at radius 3 is 2.56 bits per heavy atom. The van der Waals surface area contributed by atoms with Gasteiger partial charge in [-0.15, -0.1) is 0 Å². The number of fused-ring (bicyclic) bond motifs is 1. The van der Waals surface area contributed by atoms with Crippen molar-refractivity contribution in [1.29, 1.82) is 0 Å². The molecule has 1 aromatic carbocycles. The Morgan fingerprint density at radius 2 is 1.88 bits per heavy atom. The Labute approximate surface area is 146 Å². The number of benzene rings is 1. The molecule has 0 unspecified atom stereocenters. The number of carbonyl (C=O) groups excluding carboxylic acids is 3. The van der Waals surface area contributed by atoms with Crippen LogP contribution in [0.15, 0.2) is 18.2 Å². The fourth-order valence-corrected chi connectivity index (χ4v) is 2.36. The number of rotatable bonds is 7. The maximum Gasteiger partial charge on any atom is 0.302 e. The van der Waals surface area contributed by atoms with E-state index in [9.17, 15) is 14.4 Å². The van der Waals surface area contributed by atoms with Gasteiger partial charge < -0.3 is 19.1 Å². The highest BCUT2D eigenvalue weighted by atomic mass is 16.7. The fourth-order valence-electron chi connectivity index (χ4n) is 2.36. The minimum atomic E-state index is -0.501. The summed E-state index contributed by atoms with van der Waals surface area (Å²) in [5.74, 6) is 0.376. The maximum atomic E-state index is 12.4. The van der Waals surface area contributed by atoms with E-state index in [1.165, 1.54) is 11.8 Å². The molecule has 0 atom stereocenters. The number of hydrogen-bond donors (Lipinski definition) is 0. The molecule has 7 heteroatoms. The number of Topliss-reactive ketones (excluding diaryl/α,β-unsaturated/α-hetero) is 1. The first-order valence-corrected chi connectivity index (χ1v) is 7.98. The predicted molar refractivity (Wildman–Crippen MR) is 89.6 cm³/mol. The summed E-state index contributed by atoms with van der Waals surface area (Å²) in [6, 6.07) is 4.95. The van der Waals surface area contributed by atoms with Crippen molar-refractivity contribution in [3.8, 4) is 11.5 Å². The highest BCUT2D eigenvalue weighted by molar-refractivity contribution is 5.99. The smallest absolute Gasteiger partial charge is 0.302 e. The van der Waals surface area contributed by atoms with Crippen molar-refractivity contribution >= 4 is 17.7 Å². The summed E-state index contributed by atoms with van der Waals surface area (Å²) in [7, 11) is 1.58. The number of esters is 1. The molecule has 1 heterocycles. The molecule has 2 rings (SSSR count). The molecule has 7 nitrogen and oxygen atoms in total. The summed E-state index contributed by atoms with van der Waals surface area (Å²) in [6.45, 7) is 5.25. The summed E-state index contributed by atoms with van der Waals surface area (Å²) in [4.78, 5) is 37.0. The lowest BCUT2D eigenvalue weighted by molar-refractivity contribution is -0.146. The Hall–Kier alpha value is -2.57. The Balaban J connectivity index is 1.91. The zero-order valence-corrected chi connectivity index (χ0v) is 15.0. The van der Waals surface area contributed by atoms with Crippen LogP contribution in [0.1, 0.15) is 37.6 Å². The molecule has 0 radical (unpaired) electrons. The number of likely N-dealkylation sites (N-methyl/N-ethyl adjacent to an activating group) is 1. The average molecular weight is 349 g/mol. The molecule has 136 valence electrons. The van der Waals surface area contributed by atoms with Crippen LogP contribution in [0.2, 0.25) is 0 Å². The molecule has 0 saturated carbocycles. The van der Waals surface area contributed by atoms with Crippen LogP contribution < -0.4 is 9.47 Å². The molecule has 0 spiro atoms. The Morgan fingerprint density at radius 1 is 1.20 bits per heavy atom. The number of hydrogen-bond acceptors (Lipinski definition) is 6. The van der Waals surface area contributed by atoms with Crippen LogP contribution in [0, 0.1) is 5.41 Å². The Kier molecular flexibility index (Phi) is 5.66. The number of carbonyl (C=O) groups is 3. The van der Waals surface area contributed by atoms with Crippen molar-refractivity contribution in [2.45, 2.75) is 27.2 Å². The van der Waals surface area contributed by atoms with Gasteiger partial charge in [0.1, 0.15) is 0 Å². The van der Waals surface area contributed by atoms with E-state index in [1.807, 2.05) is 13.8 Å². The van der Waals surface area contributed by atoms with E-state index >= 15 is 0 Å². The summed E-state index contributed by atoms with van der Waals surface area (Å²) in [6.07, 6.45) is 0.172. The van der Waals surface area contributed by atoms with Crippen molar-refractivity contribution in [2.24, 2.45) is 5.41 Å². The third kappa shape index (κ3) is 5.20. The molecular formula is C18H23NO6. The zero-order valence-electron chi connectivity index (χ0n) is 15.0. The lowest BCUT2D eigenvalue weighted by atomic mass is 9.90. The van der Waals surface area contributed by atoms with E-state index in [2.05, 4.69) is 0 Å². The quantitative estimate of drug-likeness (QED) is 0.553. The molecule has 0 N–H and O–H groups in total. The van der Waals surface area contributed by atoms with Crippen LogP contribution in [0.4, 0.5) is 0 Å². The van der Waals surface area contributed by atoms with Gasteiger partial charge >= 0.3 is 5.97 Å². The molecule has 0 bridgehead atoms. The molecule has 0 aliphatic carbocycles. The van der Waals surface area contributed by atoms with Gasteiger partial charge in [0.25, 0.3) is 0 Å².